The van der Waals surface area contributed by atoms with Gasteiger partial charge in [-0.25, -0.2) is 0 Å². The number of benzene rings is 2. The molecule has 0 aliphatic heterocycles. The van der Waals surface area contributed by atoms with E-state index in [9.17, 15) is 4.79 Å². The van der Waals surface area contributed by atoms with Crippen molar-refractivity contribution in [1.82, 2.24) is 0 Å². The van der Waals surface area contributed by atoms with Gasteiger partial charge in [0.2, 0.25) is 5.91 Å². The van der Waals surface area contributed by atoms with Crippen LogP contribution >= 0.6 is 0 Å². The van der Waals surface area contributed by atoms with Crippen molar-refractivity contribution < 1.29 is 14.3 Å². The quantitative estimate of drug-likeness (QED) is 0.734. The second kappa shape index (κ2) is 8.92. The predicted molar refractivity (Wildman–Crippen MR) is 90.7 cm³/mol. The average molecular weight is 314 g/mol. The van der Waals surface area contributed by atoms with E-state index < -0.39 is 0 Å². The van der Waals surface area contributed by atoms with Gasteiger partial charge in [0.05, 0.1) is 12.5 Å². The molecule has 1 unspecified atom stereocenters. The molecule has 5 heteroatoms. The first-order valence-electron chi connectivity index (χ1n) is 7.52. The summed E-state index contributed by atoms with van der Waals surface area (Å²) in [5, 5.41) is 2.89. The Morgan fingerprint density at radius 2 is 1.91 bits per heavy atom. The van der Waals surface area contributed by atoms with E-state index in [1.807, 2.05) is 48.5 Å². The highest BCUT2D eigenvalue weighted by Crippen LogP contribution is 2.20. The Kier molecular flexibility index (Phi) is 6.59. The van der Waals surface area contributed by atoms with Gasteiger partial charge in [-0.05, 0) is 17.7 Å². The lowest BCUT2D eigenvalue weighted by Gasteiger charge is -2.16. The Hall–Kier alpha value is -2.37. The second-order valence-electron chi connectivity index (χ2n) is 5.06. The monoisotopic (exact) mass is 314 g/mol. The molecule has 122 valence electrons. The minimum Gasteiger partial charge on any atom is -0.491 e. The van der Waals surface area contributed by atoms with E-state index in [0.717, 1.165) is 5.56 Å². The third kappa shape index (κ3) is 5.09. The van der Waals surface area contributed by atoms with Crippen LogP contribution in [0.5, 0.6) is 5.75 Å². The minimum absolute atomic E-state index is 0.132. The van der Waals surface area contributed by atoms with Crippen LogP contribution in [0.3, 0.4) is 0 Å². The Balaban J connectivity index is 2.02. The summed E-state index contributed by atoms with van der Waals surface area (Å²) in [7, 11) is 1.62. The topological polar surface area (TPSA) is 73.6 Å². The molecule has 23 heavy (non-hydrogen) atoms. The maximum Gasteiger partial charge on any atom is 0.233 e. The van der Waals surface area contributed by atoms with E-state index in [2.05, 4.69) is 5.32 Å². The summed E-state index contributed by atoms with van der Waals surface area (Å²) in [6.07, 6.45) is 0. The van der Waals surface area contributed by atoms with Gasteiger partial charge in [-0.3, -0.25) is 4.79 Å². The molecule has 0 bridgehead atoms. The molecule has 2 rings (SSSR count). The fourth-order valence-corrected chi connectivity index (χ4v) is 2.22. The number of carbonyl (C=O) groups is 1. The molecular weight excluding hydrogens is 292 g/mol. The zero-order valence-electron chi connectivity index (χ0n) is 13.2. The van der Waals surface area contributed by atoms with Crippen LogP contribution in [0.1, 0.15) is 11.5 Å². The third-order valence-electron chi connectivity index (χ3n) is 3.41. The Labute approximate surface area is 136 Å². The molecule has 1 atom stereocenters. The number of hydrogen-bond donors (Lipinski definition) is 2. The van der Waals surface area contributed by atoms with Gasteiger partial charge in [-0.2, -0.15) is 0 Å². The predicted octanol–water partition coefficient (Wildman–Crippen LogP) is 2.39. The fourth-order valence-electron chi connectivity index (χ4n) is 2.22. The van der Waals surface area contributed by atoms with Crippen molar-refractivity contribution in [3.05, 3.63) is 60.2 Å². The largest absolute Gasteiger partial charge is 0.491 e. The highest BCUT2D eigenvalue weighted by Gasteiger charge is 2.18. The van der Waals surface area contributed by atoms with Crippen molar-refractivity contribution in [1.29, 1.82) is 0 Å². The highest BCUT2D eigenvalue weighted by atomic mass is 16.5. The average Bonchev–Trinajstić information content (AvgIpc) is 2.57. The van der Waals surface area contributed by atoms with Gasteiger partial charge in [-0.15, -0.1) is 0 Å². The molecule has 0 aliphatic rings. The zero-order chi connectivity index (χ0) is 16.5. The summed E-state index contributed by atoms with van der Waals surface area (Å²) in [6.45, 7) is 1.23. The molecule has 2 aromatic carbocycles. The number of ether oxygens (including phenoxy) is 2. The molecule has 0 spiro atoms. The van der Waals surface area contributed by atoms with Gasteiger partial charge < -0.3 is 20.5 Å². The van der Waals surface area contributed by atoms with Gasteiger partial charge in [0, 0.05) is 25.4 Å². The molecule has 3 N–H and O–H groups in total. The summed E-state index contributed by atoms with van der Waals surface area (Å²) in [5.74, 6) is 0.172. The van der Waals surface area contributed by atoms with Crippen LogP contribution in [0.2, 0.25) is 0 Å². The highest BCUT2D eigenvalue weighted by molar-refractivity contribution is 5.96. The lowest BCUT2D eigenvalue weighted by atomic mass is 9.98. The molecule has 1 amide bonds. The number of carbonyl (C=O) groups excluding carboxylic acids is 1. The van der Waals surface area contributed by atoms with E-state index in [-0.39, 0.29) is 18.4 Å². The summed E-state index contributed by atoms with van der Waals surface area (Å²) in [4.78, 5) is 12.5. The van der Waals surface area contributed by atoms with Crippen LogP contribution in [-0.4, -0.2) is 32.8 Å². The van der Waals surface area contributed by atoms with Crippen molar-refractivity contribution in [3.63, 3.8) is 0 Å². The first kappa shape index (κ1) is 17.0. The van der Waals surface area contributed by atoms with Crippen molar-refractivity contribution in [2.24, 2.45) is 5.73 Å². The van der Waals surface area contributed by atoms with Crippen LogP contribution in [0, 0.1) is 0 Å². The number of methoxy groups -OCH3 is 1. The lowest BCUT2D eigenvalue weighted by Crippen LogP contribution is -2.27. The first-order valence-corrected chi connectivity index (χ1v) is 7.52. The Bertz CT molecular complexity index is 617. The van der Waals surface area contributed by atoms with E-state index in [1.54, 1.807) is 13.2 Å². The van der Waals surface area contributed by atoms with Crippen LogP contribution in [0.25, 0.3) is 0 Å². The normalized spacial score (nSPS) is 11.7. The van der Waals surface area contributed by atoms with Gasteiger partial charge >= 0.3 is 0 Å². The first-order chi connectivity index (χ1) is 11.2. The standard InChI is InChI=1S/C18H22N2O3/c1-22-10-11-23-16-9-5-8-15(12-16)20-18(21)17(13-19)14-6-3-2-4-7-14/h2-9,12,17H,10-11,13,19H2,1H3,(H,20,21). The molecule has 0 aliphatic carbocycles. The number of hydrogen-bond acceptors (Lipinski definition) is 4. The molecule has 0 saturated heterocycles. The molecule has 0 saturated carbocycles. The number of rotatable bonds is 8. The van der Waals surface area contributed by atoms with Gasteiger partial charge in [0.15, 0.2) is 0 Å². The Morgan fingerprint density at radius 3 is 2.61 bits per heavy atom. The van der Waals surface area contributed by atoms with Crippen LogP contribution < -0.4 is 15.8 Å². The SMILES string of the molecule is COCCOc1cccc(NC(=O)C(CN)c2ccccc2)c1. The van der Waals surface area contributed by atoms with Crippen LogP contribution in [0.4, 0.5) is 5.69 Å². The van der Waals surface area contributed by atoms with Crippen LogP contribution in [-0.2, 0) is 9.53 Å². The van der Waals surface area contributed by atoms with E-state index in [4.69, 9.17) is 15.2 Å². The van der Waals surface area contributed by atoms with Gasteiger partial charge in [0.25, 0.3) is 0 Å². The van der Waals surface area contributed by atoms with E-state index in [1.165, 1.54) is 0 Å². The molecule has 0 radical (unpaired) electrons. The second-order valence-corrected chi connectivity index (χ2v) is 5.06. The number of anilines is 1. The van der Waals surface area contributed by atoms with Crippen LogP contribution in [0.15, 0.2) is 54.6 Å². The maximum absolute atomic E-state index is 12.5. The summed E-state index contributed by atoms with van der Waals surface area (Å²) >= 11 is 0. The zero-order valence-corrected chi connectivity index (χ0v) is 13.2. The van der Waals surface area contributed by atoms with Crippen molar-refractivity contribution in [3.8, 4) is 5.75 Å². The lowest BCUT2D eigenvalue weighted by molar-refractivity contribution is -0.117. The minimum atomic E-state index is -0.380. The summed E-state index contributed by atoms with van der Waals surface area (Å²) in [5.41, 5.74) is 7.35. The molecule has 0 heterocycles. The fraction of sp³-hybridized carbons (Fsp3) is 0.278. The number of nitrogens with two attached hydrogens (primary N) is 1. The van der Waals surface area contributed by atoms with Crippen molar-refractivity contribution in [2.75, 3.05) is 32.2 Å². The number of amides is 1. The van der Waals surface area contributed by atoms with E-state index >= 15 is 0 Å². The van der Waals surface area contributed by atoms with E-state index in [0.29, 0.717) is 24.7 Å². The molecule has 2 aromatic rings. The third-order valence-corrected chi connectivity index (χ3v) is 3.41. The maximum atomic E-state index is 12.5. The number of nitrogens with one attached hydrogen (secondary N) is 1. The summed E-state index contributed by atoms with van der Waals surface area (Å²) in [6, 6.07) is 16.8. The van der Waals surface area contributed by atoms with Gasteiger partial charge in [-0.1, -0.05) is 36.4 Å². The molecular formula is C18H22N2O3. The molecule has 5 nitrogen and oxygen atoms in total. The van der Waals surface area contributed by atoms with Crippen molar-refractivity contribution in [2.45, 2.75) is 5.92 Å². The summed E-state index contributed by atoms with van der Waals surface area (Å²) < 4.78 is 10.5. The molecule has 0 aromatic heterocycles. The smallest absolute Gasteiger partial charge is 0.233 e. The van der Waals surface area contributed by atoms with Gasteiger partial charge in [0.1, 0.15) is 12.4 Å². The Morgan fingerprint density at radius 1 is 1.13 bits per heavy atom. The van der Waals surface area contributed by atoms with Crippen molar-refractivity contribution >= 4 is 11.6 Å². The molecule has 0 fully saturated rings.